The summed E-state index contributed by atoms with van der Waals surface area (Å²) in [5.41, 5.74) is 6.72. The number of hydrogen-bond acceptors (Lipinski definition) is 1. The highest BCUT2D eigenvalue weighted by Crippen LogP contribution is 2.34. The molecule has 3 aromatic rings. The Bertz CT molecular complexity index is 1140. The summed E-state index contributed by atoms with van der Waals surface area (Å²) in [6, 6.07) is 25.3. The van der Waals surface area contributed by atoms with Crippen LogP contribution in [-0.2, 0) is 0 Å². The lowest BCUT2D eigenvalue weighted by Gasteiger charge is -2.26. The van der Waals surface area contributed by atoms with Crippen LogP contribution in [0.3, 0.4) is 0 Å². The van der Waals surface area contributed by atoms with Gasteiger partial charge in [-0.25, -0.2) is 0 Å². The van der Waals surface area contributed by atoms with E-state index in [-0.39, 0.29) is 0 Å². The Kier molecular flexibility index (Phi) is 10.7. The van der Waals surface area contributed by atoms with Crippen molar-refractivity contribution in [3.8, 4) is 23.7 Å². The van der Waals surface area contributed by atoms with Crippen molar-refractivity contribution in [2.45, 2.75) is 65.2 Å². The summed E-state index contributed by atoms with van der Waals surface area (Å²) >= 11 is 0. The van der Waals surface area contributed by atoms with Gasteiger partial charge in [-0.1, -0.05) is 93.0 Å². The fraction of sp³-hybridized carbons (Fsp3) is 0.353. The van der Waals surface area contributed by atoms with Crippen LogP contribution < -0.4 is 0 Å². The number of hydrogen-bond donors (Lipinski definition) is 1. The maximum absolute atomic E-state index is 9.08. The minimum absolute atomic E-state index is 0.298. The van der Waals surface area contributed by atoms with E-state index in [1.54, 1.807) is 0 Å². The number of unbranched alkanes of at least 4 members (excludes halogenated alkanes) is 2. The Morgan fingerprint density at radius 2 is 1.03 bits per heavy atom. The van der Waals surface area contributed by atoms with Gasteiger partial charge >= 0.3 is 0 Å². The Morgan fingerprint density at radius 3 is 1.46 bits per heavy atom. The van der Waals surface area contributed by atoms with Crippen molar-refractivity contribution in [1.82, 2.24) is 0 Å². The lowest BCUT2D eigenvalue weighted by Crippen LogP contribution is -2.12. The average molecular weight is 463 g/mol. The normalized spacial score (nSPS) is 11.3. The molecule has 0 aliphatic carbocycles. The van der Waals surface area contributed by atoms with Crippen molar-refractivity contribution < 1.29 is 5.11 Å². The van der Waals surface area contributed by atoms with Gasteiger partial charge in [0.1, 0.15) is 0 Å². The highest BCUT2D eigenvalue weighted by atomic mass is 16.2. The van der Waals surface area contributed by atoms with Crippen molar-refractivity contribution >= 4 is 0 Å². The van der Waals surface area contributed by atoms with E-state index >= 15 is 0 Å². The van der Waals surface area contributed by atoms with Crippen LogP contribution in [0.1, 0.15) is 91.7 Å². The lowest BCUT2D eigenvalue weighted by atomic mass is 9.79. The number of aliphatic hydroxyl groups excluding tert-OH is 1. The first-order chi connectivity index (χ1) is 17.1. The molecule has 0 radical (unpaired) electrons. The summed E-state index contributed by atoms with van der Waals surface area (Å²) in [6.45, 7) is 6.98. The first-order valence-corrected chi connectivity index (χ1v) is 13.0. The van der Waals surface area contributed by atoms with E-state index < -0.39 is 0 Å². The molecule has 0 saturated carbocycles. The van der Waals surface area contributed by atoms with Crippen molar-refractivity contribution in [3.05, 3.63) is 106 Å². The molecule has 1 N–H and O–H groups in total. The minimum Gasteiger partial charge on any atom is -0.396 e. The summed E-state index contributed by atoms with van der Waals surface area (Å²) in [6.07, 6.45) is 6.78. The molecule has 0 aliphatic heterocycles. The second-order valence-corrected chi connectivity index (χ2v) is 9.32. The molecule has 1 heteroatoms. The van der Waals surface area contributed by atoms with Crippen LogP contribution in [0.5, 0.6) is 0 Å². The maximum Gasteiger partial charge on any atom is 0.0431 e. The smallest absolute Gasteiger partial charge is 0.0431 e. The largest absolute Gasteiger partial charge is 0.396 e. The molecule has 0 aliphatic rings. The molecule has 0 aromatic heterocycles. The highest BCUT2D eigenvalue weighted by molar-refractivity contribution is 5.48. The van der Waals surface area contributed by atoms with Gasteiger partial charge in [0.2, 0.25) is 0 Å². The second-order valence-electron chi connectivity index (χ2n) is 9.32. The third-order valence-electron chi connectivity index (χ3n) is 6.77. The average Bonchev–Trinajstić information content (AvgIpc) is 2.90. The van der Waals surface area contributed by atoms with E-state index in [9.17, 15) is 0 Å². The predicted molar refractivity (Wildman–Crippen MR) is 148 cm³/mol. The van der Waals surface area contributed by atoms with E-state index in [1.807, 2.05) is 24.3 Å². The van der Waals surface area contributed by atoms with Gasteiger partial charge in [-0.15, -0.1) is 0 Å². The molecule has 3 rings (SSSR count). The predicted octanol–water partition coefficient (Wildman–Crippen LogP) is 7.87. The molecule has 1 atom stereocenters. The molecule has 0 spiro atoms. The standard InChI is InChI=1S/C34H38O/c1-4-32(5-2)34(9-7-6-8-26-35)33-24-22-31(23-25-33)21-20-30-18-16-29(17-19-30)15-14-28-12-10-27(3)11-13-28/h10-13,16-19,22-25,32,34-35H,4-9,26H2,1-3H3. The van der Waals surface area contributed by atoms with Gasteiger partial charge in [-0.05, 0) is 85.7 Å². The van der Waals surface area contributed by atoms with Gasteiger partial charge in [-0.3, -0.25) is 0 Å². The molecule has 1 unspecified atom stereocenters. The van der Waals surface area contributed by atoms with Gasteiger partial charge < -0.3 is 5.11 Å². The minimum atomic E-state index is 0.298. The zero-order valence-corrected chi connectivity index (χ0v) is 21.5. The molecule has 0 heterocycles. The molecule has 1 nitrogen and oxygen atoms in total. The van der Waals surface area contributed by atoms with E-state index in [2.05, 4.69) is 93.0 Å². The van der Waals surface area contributed by atoms with Crippen molar-refractivity contribution in [3.63, 3.8) is 0 Å². The SMILES string of the molecule is CCC(CC)C(CCCCCO)c1ccc(C#Cc2ccc(C#Cc3ccc(C)cc3)cc2)cc1. The Morgan fingerprint density at radius 1 is 0.600 bits per heavy atom. The maximum atomic E-state index is 9.08. The van der Waals surface area contributed by atoms with Gasteiger partial charge in [0.25, 0.3) is 0 Å². The van der Waals surface area contributed by atoms with Crippen LogP contribution in [0.2, 0.25) is 0 Å². The number of rotatable bonds is 9. The second kappa shape index (κ2) is 14.2. The first-order valence-electron chi connectivity index (χ1n) is 13.0. The summed E-state index contributed by atoms with van der Waals surface area (Å²) in [5, 5.41) is 9.08. The van der Waals surface area contributed by atoms with E-state index in [0.29, 0.717) is 18.4 Å². The molecule has 0 fully saturated rings. The third-order valence-corrected chi connectivity index (χ3v) is 6.77. The summed E-state index contributed by atoms with van der Waals surface area (Å²) in [7, 11) is 0. The van der Waals surface area contributed by atoms with Crippen LogP contribution in [0.25, 0.3) is 0 Å². The zero-order valence-electron chi connectivity index (χ0n) is 21.5. The van der Waals surface area contributed by atoms with Crippen LogP contribution in [0.15, 0.2) is 72.8 Å². The zero-order chi connectivity index (χ0) is 24.9. The van der Waals surface area contributed by atoms with Crippen molar-refractivity contribution in [2.75, 3.05) is 6.61 Å². The molecular formula is C34H38O. The quantitative estimate of drug-likeness (QED) is 0.253. The van der Waals surface area contributed by atoms with Gasteiger partial charge in [-0.2, -0.15) is 0 Å². The molecular weight excluding hydrogens is 424 g/mol. The Balaban J connectivity index is 1.65. The van der Waals surface area contributed by atoms with Crippen LogP contribution >= 0.6 is 0 Å². The van der Waals surface area contributed by atoms with E-state index in [4.69, 9.17) is 5.11 Å². The fourth-order valence-corrected chi connectivity index (χ4v) is 4.56. The van der Waals surface area contributed by atoms with Crippen LogP contribution in [0, 0.1) is 36.5 Å². The number of aryl methyl sites for hydroxylation is 1. The monoisotopic (exact) mass is 462 g/mol. The Labute approximate surface area is 212 Å². The van der Waals surface area contributed by atoms with Crippen LogP contribution in [-0.4, -0.2) is 11.7 Å². The highest BCUT2D eigenvalue weighted by Gasteiger charge is 2.20. The molecule has 0 bridgehead atoms. The number of benzene rings is 3. The fourth-order valence-electron chi connectivity index (χ4n) is 4.56. The Hall–Kier alpha value is -3.26. The van der Waals surface area contributed by atoms with Gasteiger partial charge in [0.05, 0.1) is 0 Å². The van der Waals surface area contributed by atoms with Gasteiger partial charge in [0.15, 0.2) is 0 Å². The lowest BCUT2D eigenvalue weighted by molar-refractivity contribution is 0.279. The van der Waals surface area contributed by atoms with Gasteiger partial charge in [0, 0.05) is 28.9 Å². The third kappa shape index (κ3) is 8.47. The molecule has 0 saturated heterocycles. The molecule has 180 valence electrons. The number of aliphatic hydroxyl groups is 1. The van der Waals surface area contributed by atoms with E-state index in [1.165, 1.54) is 36.8 Å². The summed E-state index contributed by atoms with van der Waals surface area (Å²) < 4.78 is 0. The van der Waals surface area contributed by atoms with E-state index in [0.717, 1.165) is 35.1 Å². The van der Waals surface area contributed by atoms with Crippen molar-refractivity contribution in [1.29, 1.82) is 0 Å². The topological polar surface area (TPSA) is 20.2 Å². The molecule has 35 heavy (non-hydrogen) atoms. The summed E-state index contributed by atoms with van der Waals surface area (Å²) in [4.78, 5) is 0. The van der Waals surface area contributed by atoms with Crippen molar-refractivity contribution in [2.24, 2.45) is 5.92 Å². The first kappa shape index (κ1) is 26.3. The van der Waals surface area contributed by atoms with Crippen LogP contribution in [0.4, 0.5) is 0 Å². The molecule has 0 amide bonds. The molecule has 3 aromatic carbocycles. The summed E-state index contributed by atoms with van der Waals surface area (Å²) in [5.74, 6) is 14.3.